The normalized spacial score (nSPS) is 10.2. The van der Waals surface area contributed by atoms with Gasteiger partial charge < -0.3 is 5.73 Å². The molecule has 2 aromatic rings. The van der Waals surface area contributed by atoms with Crippen LogP contribution in [0.5, 0.6) is 0 Å². The number of benzene rings is 2. The van der Waals surface area contributed by atoms with Gasteiger partial charge in [-0.1, -0.05) is 30.0 Å². The van der Waals surface area contributed by atoms with E-state index in [1.165, 1.54) is 17.8 Å². The van der Waals surface area contributed by atoms with Crippen molar-refractivity contribution in [3.05, 3.63) is 63.7 Å². The molecule has 20 heavy (non-hydrogen) atoms. The maximum absolute atomic E-state index is 11.0. The molecule has 0 atom stereocenters. The Labute approximate surface area is 119 Å². The summed E-state index contributed by atoms with van der Waals surface area (Å²) < 4.78 is 0. The van der Waals surface area contributed by atoms with E-state index in [4.69, 9.17) is 5.73 Å². The van der Waals surface area contributed by atoms with Crippen LogP contribution in [0, 0.1) is 10.1 Å². The largest absolute Gasteiger partial charge is 0.326 e. The number of nitro benzene ring substituents is 1. The van der Waals surface area contributed by atoms with Crippen LogP contribution in [-0.4, -0.2) is 11.2 Å². The van der Waals surface area contributed by atoms with Crippen LogP contribution in [0.4, 0.5) is 5.69 Å². The number of carbonyl (C=O) groups is 1. The quantitative estimate of drug-likeness (QED) is 0.519. The van der Waals surface area contributed by atoms with E-state index in [1.54, 1.807) is 12.1 Å². The van der Waals surface area contributed by atoms with E-state index in [9.17, 15) is 14.9 Å². The highest BCUT2D eigenvalue weighted by molar-refractivity contribution is 7.99. The zero-order chi connectivity index (χ0) is 14.5. The SMILES string of the molecule is NCc1ccc(Sc2ccc(C=O)cc2[N+](=O)[O-])cc1. The second-order valence-corrected chi connectivity index (χ2v) is 5.17. The molecule has 0 fully saturated rings. The maximum atomic E-state index is 11.0. The van der Waals surface area contributed by atoms with Gasteiger partial charge in [-0.3, -0.25) is 14.9 Å². The zero-order valence-electron chi connectivity index (χ0n) is 10.5. The second-order valence-electron chi connectivity index (χ2n) is 4.05. The molecule has 0 aliphatic rings. The smallest absolute Gasteiger partial charge is 0.283 e. The minimum absolute atomic E-state index is 0.0671. The van der Waals surface area contributed by atoms with Crippen LogP contribution in [-0.2, 0) is 6.54 Å². The van der Waals surface area contributed by atoms with E-state index >= 15 is 0 Å². The van der Waals surface area contributed by atoms with Gasteiger partial charge in [0.05, 0.1) is 9.82 Å². The first kappa shape index (κ1) is 14.2. The number of nitro groups is 1. The lowest BCUT2D eigenvalue weighted by atomic mass is 10.2. The third-order valence-electron chi connectivity index (χ3n) is 2.70. The van der Waals surface area contributed by atoms with E-state index in [-0.39, 0.29) is 5.69 Å². The molecule has 0 spiro atoms. The standard InChI is InChI=1S/C14H12N2O3S/c15-8-10-1-4-12(5-2-10)20-14-6-3-11(9-17)7-13(14)16(18)19/h1-7,9H,8,15H2. The van der Waals surface area contributed by atoms with Gasteiger partial charge in [-0.15, -0.1) is 0 Å². The number of hydrogen-bond acceptors (Lipinski definition) is 5. The number of carbonyl (C=O) groups excluding carboxylic acids is 1. The molecule has 2 N–H and O–H groups in total. The van der Waals surface area contributed by atoms with Gasteiger partial charge in [0.15, 0.2) is 0 Å². The van der Waals surface area contributed by atoms with Gasteiger partial charge in [0.2, 0.25) is 0 Å². The van der Waals surface area contributed by atoms with Crippen LogP contribution < -0.4 is 5.73 Å². The van der Waals surface area contributed by atoms with Crippen molar-refractivity contribution in [1.29, 1.82) is 0 Å². The Morgan fingerprint density at radius 1 is 1.20 bits per heavy atom. The summed E-state index contributed by atoms with van der Waals surface area (Å²) in [4.78, 5) is 22.6. The number of aldehydes is 1. The van der Waals surface area contributed by atoms with Crippen LogP contribution >= 0.6 is 11.8 Å². The average Bonchev–Trinajstić information content (AvgIpc) is 2.48. The summed E-state index contributed by atoms with van der Waals surface area (Å²) in [5.41, 5.74) is 6.74. The van der Waals surface area contributed by atoms with E-state index in [0.29, 0.717) is 23.3 Å². The molecule has 0 saturated heterocycles. The molecule has 5 nitrogen and oxygen atoms in total. The van der Waals surface area contributed by atoms with E-state index in [2.05, 4.69) is 0 Å². The lowest BCUT2D eigenvalue weighted by Gasteiger charge is -2.04. The summed E-state index contributed by atoms with van der Waals surface area (Å²) >= 11 is 1.28. The van der Waals surface area contributed by atoms with Gasteiger partial charge in [-0.05, 0) is 23.8 Å². The summed E-state index contributed by atoms with van der Waals surface area (Å²) in [6.45, 7) is 0.457. The Balaban J connectivity index is 2.32. The predicted molar refractivity (Wildman–Crippen MR) is 76.9 cm³/mol. The van der Waals surface area contributed by atoms with Crippen LogP contribution in [0.15, 0.2) is 52.3 Å². The summed E-state index contributed by atoms with van der Waals surface area (Å²) in [5, 5.41) is 11.0. The third-order valence-corrected chi connectivity index (χ3v) is 3.78. The molecule has 0 amide bonds. The summed E-state index contributed by atoms with van der Waals surface area (Å²) in [7, 11) is 0. The maximum Gasteiger partial charge on any atom is 0.283 e. The van der Waals surface area contributed by atoms with Gasteiger partial charge >= 0.3 is 0 Å². The van der Waals surface area contributed by atoms with Crippen molar-refractivity contribution in [2.45, 2.75) is 16.3 Å². The molecule has 0 unspecified atom stereocenters. The van der Waals surface area contributed by atoms with Gasteiger partial charge in [0, 0.05) is 23.1 Å². The second kappa shape index (κ2) is 6.31. The number of nitrogens with two attached hydrogens (primary N) is 1. The predicted octanol–water partition coefficient (Wildman–Crippen LogP) is 3.02. The van der Waals surface area contributed by atoms with E-state index < -0.39 is 4.92 Å². The van der Waals surface area contributed by atoms with Crippen molar-refractivity contribution in [3.63, 3.8) is 0 Å². The Morgan fingerprint density at radius 2 is 1.90 bits per heavy atom. The van der Waals surface area contributed by atoms with Gasteiger partial charge in [-0.2, -0.15) is 0 Å². The molecule has 0 aliphatic heterocycles. The van der Waals surface area contributed by atoms with E-state index in [0.717, 1.165) is 10.5 Å². The highest BCUT2D eigenvalue weighted by atomic mass is 32.2. The molecule has 0 radical (unpaired) electrons. The number of nitrogens with zero attached hydrogens (tertiary/aromatic N) is 1. The third kappa shape index (κ3) is 3.23. The molecule has 2 rings (SSSR count). The van der Waals surface area contributed by atoms with Crippen LogP contribution in [0.3, 0.4) is 0 Å². The average molecular weight is 288 g/mol. The first-order valence-electron chi connectivity index (χ1n) is 5.84. The van der Waals surface area contributed by atoms with Crippen molar-refractivity contribution in [1.82, 2.24) is 0 Å². The molecule has 0 saturated carbocycles. The summed E-state index contributed by atoms with van der Waals surface area (Å²) in [5.74, 6) is 0. The Hall–Kier alpha value is -2.18. The molecule has 0 bridgehead atoms. The number of rotatable bonds is 5. The Morgan fingerprint density at radius 3 is 2.45 bits per heavy atom. The van der Waals surface area contributed by atoms with Crippen molar-refractivity contribution in [2.24, 2.45) is 5.73 Å². The molecule has 2 aromatic carbocycles. The van der Waals surface area contributed by atoms with Crippen molar-refractivity contribution in [3.8, 4) is 0 Å². The highest BCUT2D eigenvalue weighted by Crippen LogP contribution is 2.35. The molecule has 0 aromatic heterocycles. The molecule has 6 heteroatoms. The number of hydrogen-bond donors (Lipinski definition) is 1. The lowest BCUT2D eigenvalue weighted by molar-refractivity contribution is -0.387. The Bertz CT molecular complexity index is 641. The summed E-state index contributed by atoms with van der Waals surface area (Å²) in [6.07, 6.45) is 0.595. The highest BCUT2D eigenvalue weighted by Gasteiger charge is 2.15. The van der Waals surface area contributed by atoms with Crippen LogP contribution in [0.1, 0.15) is 15.9 Å². The lowest BCUT2D eigenvalue weighted by Crippen LogP contribution is -1.95. The van der Waals surface area contributed by atoms with E-state index in [1.807, 2.05) is 24.3 Å². The minimum Gasteiger partial charge on any atom is -0.326 e. The van der Waals surface area contributed by atoms with Crippen LogP contribution in [0.2, 0.25) is 0 Å². The van der Waals surface area contributed by atoms with Gasteiger partial charge in [0.25, 0.3) is 5.69 Å². The Kier molecular flexibility index (Phi) is 4.49. The first-order chi connectivity index (χ1) is 9.63. The van der Waals surface area contributed by atoms with Crippen molar-refractivity contribution < 1.29 is 9.72 Å². The molecular weight excluding hydrogens is 276 g/mol. The topological polar surface area (TPSA) is 86.2 Å². The molecular formula is C14H12N2O3S. The van der Waals surface area contributed by atoms with Crippen LogP contribution in [0.25, 0.3) is 0 Å². The van der Waals surface area contributed by atoms with Gasteiger partial charge in [-0.25, -0.2) is 0 Å². The molecule has 102 valence electrons. The molecule has 0 heterocycles. The first-order valence-corrected chi connectivity index (χ1v) is 6.66. The fraction of sp³-hybridized carbons (Fsp3) is 0.0714. The minimum atomic E-state index is -0.483. The zero-order valence-corrected chi connectivity index (χ0v) is 11.3. The molecule has 0 aliphatic carbocycles. The van der Waals surface area contributed by atoms with Crippen molar-refractivity contribution >= 4 is 23.7 Å². The van der Waals surface area contributed by atoms with Gasteiger partial charge in [0.1, 0.15) is 6.29 Å². The monoisotopic (exact) mass is 288 g/mol. The van der Waals surface area contributed by atoms with Crippen molar-refractivity contribution in [2.75, 3.05) is 0 Å². The fourth-order valence-corrected chi connectivity index (χ4v) is 2.56. The summed E-state index contributed by atoms with van der Waals surface area (Å²) in [6, 6.07) is 11.9. The fourth-order valence-electron chi connectivity index (χ4n) is 1.66.